The second-order valence-electron chi connectivity index (χ2n) is 5.15. The molecule has 1 unspecified atom stereocenters. The summed E-state index contributed by atoms with van der Waals surface area (Å²) in [6, 6.07) is 19.4. The summed E-state index contributed by atoms with van der Waals surface area (Å²) in [5, 5.41) is 0.946. The summed E-state index contributed by atoms with van der Waals surface area (Å²) in [5.74, 6) is 0.268. The van der Waals surface area contributed by atoms with E-state index in [-0.39, 0.29) is 11.9 Å². The van der Waals surface area contributed by atoms with Crippen LogP contribution < -0.4 is 0 Å². The van der Waals surface area contributed by atoms with Crippen molar-refractivity contribution in [3.63, 3.8) is 0 Å². The molecule has 0 aliphatic rings. The first-order valence-electron chi connectivity index (χ1n) is 6.97. The van der Waals surface area contributed by atoms with E-state index in [1.54, 1.807) is 18.0 Å². The Kier molecular flexibility index (Phi) is 3.48. The van der Waals surface area contributed by atoms with E-state index in [9.17, 15) is 4.79 Å². The van der Waals surface area contributed by atoms with E-state index in [1.807, 2.05) is 61.5 Å². The number of rotatable bonds is 3. The lowest BCUT2D eigenvalue weighted by Crippen LogP contribution is -2.29. The molecule has 1 atom stereocenters. The number of amides is 1. The van der Waals surface area contributed by atoms with Gasteiger partial charge in [0.1, 0.15) is 5.58 Å². The van der Waals surface area contributed by atoms with Gasteiger partial charge in [0, 0.05) is 12.4 Å². The molecule has 0 spiro atoms. The molecule has 0 saturated heterocycles. The first-order chi connectivity index (χ1) is 10.2. The van der Waals surface area contributed by atoms with Crippen LogP contribution in [0.15, 0.2) is 65.1 Å². The normalized spacial score (nSPS) is 12.3. The van der Waals surface area contributed by atoms with Crippen LogP contribution in [-0.2, 0) is 0 Å². The predicted octanol–water partition coefficient (Wildman–Crippen LogP) is 4.27. The van der Waals surface area contributed by atoms with Crippen molar-refractivity contribution in [1.82, 2.24) is 4.90 Å². The molecule has 21 heavy (non-hydrogen) atoms. The van der Waals surface area contributed by atoms with E-state index in [1.165, 1.54) is 0 Å². The van der Waals surface area contributed by atoms with Gasteiger partial charge in [-0.3, -0.25) is 4.79 Å². The molecule has 0 aliphatic heterocycles. The Morgan fingerprint density at radius 2 is 1.71 bits per heavy atom. The minimum atomic E-state index is -0.109. The fourth-order valence-corrected chi connectivity index (χ4v) is 2.39. The molecule has 2 aromatic carbocycles. The average molecular weight is 279 g/mol. The van der Waals surface area contributed by atoms with Crippen LogP contribution in [0.4, 0.5) is 0 Å². The lowest BCUT2D eigenvalue weighted by Gasteiger charge is -2.24. The first kappa shape index (κ1) is 13.4. The molecule has 3 heteroatoms. The van der Waals surface area contributed by atoms with Crippen molar-refractivity contribution in [3.8, 4) is 0 Å². The van der Waals surface area contributed by atoms with Crippen LogP contribution in [0.5, 0.6) is 0 Å². The summed E-state index contributed by atoms with van der Waals surface area (Å²) in [4.78, 5) is 14.3. The zero-order valence-electron chi connectivity index (χ0n) is 12.1. The summed E-state index contributed by atoms with van der Waals surface area (Å²) in [7, 11) is 1.80. The fourth-order valence-electron chi connectivity index (χ4n) is 2.39. The molecule has 1 heterocycles. The van der Waals surface area contributed by atoms with E-state index < -0.39 is 0 Å². The van der Waals surface area contributed by atoms with Crippen LogP contribution in [-0.4, -0.2) is 17.9 Å². The highest BCUT2D eigenvalue weighted by Crippen LogP contribution is 2.24. The van der Waals surface area contributed by atoms with E-state index in [0.29, 0.717) is 5.76 Å². The molecule has 0 saturated carbocycles. The van der Waals surface area contributed by atoms with Crippen LogP contribution >= 0.6 is 0 Å². The standard InChI is InChI=1S/C18H17NO2/c1-13(14-8-4-3-5-9-14)19(2)18(20)17-12-15-10-6-7-11-16(15)21-17/h3-13H,1-2H3. The van der Waals surface area contributed by atoms with Crippen LogP contribution in [0.2, 0.25) is 0 Å². The number of para-hydroxylation sites is 1. The van der Waals surface area contributed by atoms with Gasteiger partial charge in [0.05, 0.1) is 6.04 Å². The Morgan fingerprint density at radius 3 is 2.43 bits per heavy atom. The van der Waals surface area contributed by atoms with Gasteiger partial charge in [-0.25, -0.2) is 0 Å². The van der Waals surface area contributed by atoms with Gasteiger partial charge >= 0.3 is 0 Å². The van der Waals surface area contributed by atoms with E-state index in [2.05, 4.69) is 0 Å². The molecule has 3 rings (SSSR count). The number of nitrogens with zero attached hydrogens (tertiary/aromatic N) is 1. The number of carbonyl (C=O) groups is 1. The van der Waals surface area contributed by atoms with Crippen molar-refractivity contribution in [2.75, 3.05) is 7.05 Å². The van der Waals surface area contributed by atoms with Crippen molar-refractivity contribution >= 4 is 16.9 Å². The lowest BCUT2D eigenvalue weighted by atomic mass is 10.1. The third kappa shape index (κ3) is 2.55. The van der Waals surface area contributed by atoms with Gasteiger partial charge < -0.3 is 9.32 Å². The van der Waals surface area contributed by atoms with Gasteiger partial charge in [0.2, 0.25) is 0 Å². The quantitative estimate of drug-likeness (QED) is 0.717. The molecule has 0 aliphatic carbocycles. The smallest absolute Gasteiger partial charge is 0.289 e. The molecular formula is C18H17NO2. The van der Waals surface area contributed by atoms with Gasteiger partial charge in [-0.15, -0.1) is 0 Å². The Labute approximate surface area is 123 Å². The average Bonchev–Trinajstić information content (AvgIpc) is 2.97. The molecular weight excluding hydrogens is 262 g/mol. The molecule has 1 aromatic heterocycles. The van der Waals surface area contributed by atoms with Crippen LogP contribution in [0.25, 0.3) is 11.0 Å². The highest BCUT2D eigenvalue weighted by Gasteiger charge is 2.21. The van der Waals surface area contributed by atoms with Gasteiger partial charge in [-0.2, -0.15) is 0 Å². The zero-order valence-corrected chi connectivity index (χ0v) is 12.1. The number of carbonyl (C=O) groups excluding carboxylic acids is 1. The van der Waals surface area contributed by atoms with E-state index >= 15 is 0 Å². The Hall–Kier alpha value is -2.55. The second-order valence-corrected chi connectivity index (χ2v) is 5.15. The number of furan rings is 1. The minimum Gasteiger partial charge on any atom is -0.451 e. The minimum absolute atomic E-state index is 0.00749. The van der Waals surface area contributed by atoms with Crippen LogP contribution in [0, 0.1) is 0 Å². The molecule has 0 fully saturated rings. The third-order valence-electron chi connectivity index (χ3n) is 3.82. The number of fused-ring (bicyclic) bond motifs is 1. The van der Waals surface area contributed by atoms with Crippen molar-refractivity contribution < 1.29 is 9.21 Å². The van der Waals surface area contributed by atoms with Gasteiger partial charge in [0.25, 0.3) is 5.91 Å². The maximum atomic E-state index is 12.6. The zero-order chi connectivity index (χ0) is 14.8. The van der Waals surface area contributed by atoms with Gasteiger partial charge in [-0.1, -0.05) is 48.5 Å². The largest absolute Gasteiger partial charge is 0.451 e. The maximum Gasteiger partial charge on any atom is 0.289 e. The number of hydrogen-bond acceptors (Lipinski definition) is 2. The summed E-state index contributed by atoms with van der Waals surface area (Å²) < 4.78 is 5.65. The van der Waals surface area contributed by atoms with E-state index in [4.69, 9.17) is 4.42 Å². The molecule has 1 amide bonds. The monoisotopic (exact) mass is 279 g/mol. The molecule has 0 radical (unpaired) electrons. The predicted molar refractivity (Wildman–Crippen MR) is 83.2 cm³/mol. The highest BCUT2D eigenvalue weighted by atomic mass is 16.3. The fraction of sp³-hybridized carbons (Fsp3) is 0.167. The lowest BCUT2D eigenvalue weighted by molar-refractivity contribution is 0.0713. The molecule has 3 nitrogen and oxygen atoms in total. The highest BCUT2D eigenvalue weighted by molar-refractivity contribution is 5.96. The van der Waals surface area contributed by atoms with Crippen LogP contribution in [0.1, 0.15) is 29.1 Å². The van der Waals surface area contributed by atoms with E-state index in [0.717, 1.165) is 16.5 Å². The van der Waals surface area contributed by atoms with Crippen molar-refractivity contribution in [3.05, 3.63) is 72.0 Å². The SMILES string of the molecule is CC(c1ccccc1)N(C)C(=O)c1cc2ccccc2o1. The molecule has 106 valence electrons. The van der Waals surface area contributed by atoms with Gasteiger partial charge in [-0.05, 0) is 24.6 Å². The van der Waals surface area contributed by atoms with Crippen molar-refractivity contribution in [2.24, 2.45) is 0 Å². The summed E-state index contributed by atoms with van der Waals surface area (Å²) >= 11 is 0. The molecule has 3 aromatic rings. The van der Waals surface area contributed by atoms with Gasteiger partial charge in [0.15, 0.2) is 5.76 Å². The van der Waals surface area contributed by atoms with Crippen LogP contribution in [0.3, 0.4) is 0 Å². The second kappa shape index (κ2) is 5.44. The third-order valence-corrected chi connectivity index (χ3v) is 3.82. The summed E-state index contributed by atoms with van der Waals surface area (Å²) in [5.41, 5.74) is 1.84. The number of benzene rings is 2. The Bertz CT molecular complexity index is 728. The Morgan fingerprint density at radius 1 is 1.05 bits per heavy atom. The first-order valence-corrected chi connectivity index (χ1v) is 6.97. The molecule has 0 bridgehead atoms. The number of hydrogen-bond donors (Lipinski definition) is 0. The summed E-state index contributed by atoms with van der Waals surface area (Å²) in [6.07, 6.45) is 0. The topological polar surface area (TPSA) is 33.5 Å². The van der Waals surface area contributed by atoms with Crippen molar-refractivity contribution in [2.45, 2.75) is 13.0 Å². The maximum absolute atomic E-state index is 12.6. The Balaban J connectivity index is 1.87. The van der Waals surface area contributed by atoms with Crippen molar-refractivity contribution in [1.29, 1.82) is 0 Å². The summed E-state index contributed by atoms with van der Waals surface area (Å²) in [6.45, 7) is 2.01. The molecule has 0 N–H and O–H groups in total.